The first-order valence-electron chi connectivity index (χ1n) is 8.99. The maximum absolute atomic E-state index is 12.9. The van der Waals surface area contributed by atoms with Crippen molar-refractivity contribution in [3.8, 4) is 0 Å². The van der Waals surface area contributed by atoms with Gasteiger partial charge in [-0.15, -0.1) is 0 Å². The topological polar surface area (TPSA) is 76.2 Å². The Morgan fingerprint density at radius 2 is 1.81 bits per heavy atom. The number of rotatable bonds is 4. The molecule has 1 saturated heterocycles. The molecule has 1 aliphatic rings. The first-order chi connectivity index (χ1) is 12.5. The average Bonchev–Trinajstić information content (AvgIpc) is 2.59. The second kappa shape index (κ2) is 8.08. The molecule has 0 N–H and O–H groups in total. The summed E-state index contributed by atoms with van der Waals surface area (Å²) in [7, 11) is 3.37. The largest absolute Gasteiger partial charge is 0.460 e. The molecule has 0 radical (unpaired) electrons. The van der Waals surface area contributed by atoms with Crippen LogP contribution in [0.1, 0.15) is 38.1 Å². The van der Waals surface area contributed by atoms with Gasteiger partial charge in [-0.2, -0.15) is 0 Å². The number of amides is 2. The molecule has 0 saturated carbocycles. The monoisotopic (exact) mass is 376 g/mol. The Hall–Kier alpha value is -2.41. The van der Waals surface area contributed by atoms with Crippen molar-refractivity contribution in [2.75, 3.05) is 32.1 Å². The number of carbonyl (C=O) groups excluding carboxylic acids is 3. The second-order valence-electron chi connectivity index (χ2n) is 7.85. The fourth-order valence-corrected chi connectivity index (χ4v) is 2.78. The summed E-state index contributed by atoms with van der Waals surface area (Å²) in [5.74, 6) is -1.57. The predicted molar refractivity (Wildman–Crippen MR) is 102 cm³/mol. The third-order valence-corrected chi connectivity index (χ3v) is 4.19. The second-order valence-corrected chi connectivity index (χ2v) is 7.85. The van der Waals surface area contributed by atoms with Gasteiger partial charge in [0.25, 0.3) is 11.8 Å². The molecule has 27 heavy (non-hydrogen) atoms. The number of benzene rings is 1. The van der Waals surface area contributed by atoms with Gasteiger partial charge >= 0.3 is 5.97 Å². The van der Waals surface area contributed by atoms with E-state index in [1.165, 1.54) is 4.90 Å². The van der Waals surface area contributed by atoms with E-state index >= 15 is 0 Å². The summed E-state index contributed by atoms with van der Waals surface area (Å²) >= 11 is 0. The molecule has 0 spiro atoms. The van der Waals surface area contributed by atoms with Gasteiger partial charge in [0.05, 0.1) is 12.5 Å². The normalized spacial score (nSPS) is 18.8. The van der Waals surface area contributed by atoms with Gasteiger partial charge in [-0.1, -0.05) is 0 Å². The molecular formula is C20H28N2O5. The lowest BCUT2D eigenvalue weighted by molar-refractivity contribution is -0.168. The maximum Gasteiger partial charge on any atom is 0.312 e. The van der Waals surface area contributed by atoms with E-state index in [-0.39, 0.29) is 11.8 Å². The number of hydrogen-bond donors (Lipinski definition) is 0. The van der Waals surface area contributed by atoms with Gasteiger partial charge in [-0.05, 0) is 52.0 Å². The van der Waals surface area contributed by atoms with Gasteiger partial charge in [-0.25, -0.2) is 0 Å². The summed E-state index contributed by atoms with van der Waals surface area (Å²) in [4.78, 5) is 40.3. The summed E-state index contributed by atoms with van der Waals surface area (Å²) in [5, 5.41) is 0. The molecule has 7 nitrogen and oxygen atoms in total. The van der Waals surface area contributed by atoms with Gasteiger partial charge in [-0.3, -0.25) is 14.4 Å². The third kappa shape index (κ3) is 5.07. The van der Waals surface area contributed by atoms with Crippen molar-refractivity contribution in [1.82, 2.24) is 4.90 Å². The lowest BCUT2D eigenvalue weighted by atomic mass is 10.0. The summed E-state index contributed by atoms with van der Waals surface area (Å²) in [6.07, 6.45) is -0.892. The quantitative estimate of drug-likeness (QED) is 0.752. The van der Waals surface area contributed by atoms with Crippen molar-refractivity contribution in [3.63, 3.8) is 0 Å². The molecule has 2 unspecified atom stereocenters. The standard InChI is InChI=1S/C20H28N2O5/c1-13(19(25)27-20(2,3)4)16-18(24)22(11-12-26-16)15-9-7-14(8-10-15)17(23)21(5)6/h7-10,13,16H,11-12H2,1-6H3. The van der Waals surface area contributed by atoms with Gasteiger partial charge < -0.3 is 19.3 Å². The molecule has 0 bridgehead atoms. The van der Waals surface area contributed by atoms with Crippen molar-refractivity contribution < 1.29 is 23.9 Å². The molecule has 2 atom stereocenters. The van der Waals surface area contributed by atoms with Crippen LogP contribution in [0.15, 0.2) is 24.3 Å². The predicted octanol–water partition coefficient (Wildman–Crippen LogP) is 2.10. The summed E-state index contributed by atoms with van der Waals surface area (Å²) in [6, 6.07) is 6.84. The highest BCUT2D eigenvalue weighted by Gasteiger charge is 2.39. The van der Waals surface area contributed by atoms with Gasteiger partial charge in [0.1, 0.15) is 11.7 Å². The van der Waals surface area contributed by atoms with Crippen LogP contribution in [0.3, 0.4) is 0 Å². The minimum atomic E-state index is -0.892. The van der Waals surface area contributed by atoms with Crippen molar-refractivity contribution >= 4 is 23.5 Å². The number of hydrogen-bond acceptors (Lipinski definition) is 5. The van der Waals surface area contributed by atoms with Gasteiger partial charge in [0.2, 0.25) is 0 Å². The highest BCUT2D eigenvalue weighted by atomic mass is 16.6. The molecule has 1 aromatic rings. The first kappa shape index (κ1) is 20.9. The molecule has 1 heterocycles. The molecule has 1 aliphatic heterocycles. The molecule has 1 fully saturated rings. The van der Waals surface area contributed by atoms with Crippen LogP contribution in [0.4, 0.5) is 5.69 Å². The molecular weight excluding hydrogens is 348 g/mol. The minimum Gasteiger partial charge on any atom is -0.460 e. The lowest BCUT2D eigenvalue weighted by Crippen LogP contribution is -2.52. The molecule has 1 aromatic carbocycles. The van der Waals surface area contributed by atoms with E-state index in [1.807, 2.05) is 0 Å². The zero-order chi connectivity index (χ0) is 20.4. The number of morpholine rings is 1. The molecule has 0 aromatic heterocycles. The minimum absolute atomic E-state index is 0.105. The zero-order valence-corrected chi connectivity index (χ0v) is 16.8. The number of carbonyl (C=O) groups is 3. The SMILES string of the molecule is CC(C(=O)OC(C)(C)C)C1OCCN(c2ccc(C(=O)N(C)C)cc2)C1=O. The Morgan fingerprint density at radius 3 is 2.33 bits per heavy atom. The lowest BCUT2D eigenvalue weighted by Gasteiger charge is -2.35. The van der Waals surface area contributed by atoms with E-state index < -0.39 is 23.6 Å². The Morgan fingerprint density at radius 1 is 1.22 bits per heavy atom. The highest BCUT2D eigenvalue weighted by Crippen LogP contribution is 2.24. The average molecular weight is 376 g/mol. The van der Waals surface area contributed by atoms with Crippen LogP contribution in [-0.4, -0.2) is 61.6 Å². The summed E-state index contributed by atoms with van der Waals surface area (Å²) in [6.45, 7) is 7.69. The van der Waals surface area contributed by atoms with Crippen molar-refractivity contribution in [2.45, 2.75) is 39.4 Å². The molecule has 0 aliphatic carbocycles. The number of nitrogens with zero attached hydrogens (tertiary/aromatic N) is 2. The van der Waals surface area contributed by atoms with E-state index in [4.69, 9.17) is 9.47 Å². The van der Waals surface area contributed by atoms with Crippen molar-refractivity contribution in [2.24, 2.45) is 5.92 Å². The maximum atomic E-state index is 12.9. The highest BCUT2D eigenvalue weighted by molar-refractivity contribution is 6.00. The van der Waals surface area contributed by atoms with Crippen molar-refractivity contribution in [1.29, 1.82) is 0 Å². The van der Waals surface area contributed by atoms with Crippen LogP contribution in [0.25, 0.3) is 0 Å². The zero-order valence-electron chi connectivity index (χ0n) is 16.8. The third-order valence-electron chi connectivity index (χ3n) is 4.19. The van der Waals surface area contributed by atoms with E-state index in [2.05, 4.69) is 0 Å². The van der Waals surface area contributed by atoms with E-state index in [1.54, 1.807) is 71.0 Å². The Kier molecular flexibility index (Phi) is 6.26. The molecule has 2 rings (SSSR count). The van der Waals surface area contributed by atoms with Crippen LogP contribution in [-0.2, 0) is 19.1 Å². The Bertz CT molecular complexity index is 706. The number of anilines is 1. The van der Waals surface area contributed by atoms with Crippen LogP contribution in [0.5, 0.6) is 0 Å². The van der Waals surface area contributed by atoms with Crippen LogP contribution in [0.2, 0.25) is 0 Å². The van der Waals surface area contributed by atoms with Gasteiger partial charge in [0, 0.05) is 31.9 Å². The summed E-state index contributed by atoms with van der Waals surface area (Å²) < 4.78 is 11.0. The van der Waals surface area contributed by atoms with Crippen LogP contribution in [0, 0.1) is 5.92 Å². The van der Waals surface area contributed by atoms with E-state index in [9.17, 15) is 14.4 Å². The van der Waals surface area contributed by atoms with E-state index in [0.29, 0.717) is 24.4 Å². The summed E-state index contributed by atoms with van der Waals surface area (Å²) in [5.41, 5.74) is 0.584. The Balaban J connectivity index is 2.14. The van der Waals surface area contributed by atoms with Gasteiger partial charge in [0.15, 0.2) is 0 Å². The van der Waals surface area contributed by atoms with E-state index in [0.717, 1.165) is 0 Å². The number of esters is 1. The molecule has 148 valence electrons. The smallest absolute Gasteiger partial charge is 0.312 e. The van der Waals surface area contributed by atoms with Crippen molar-refractivity contribution in [3.05, 3.63) is 29.8 Å². The van der Waals surface area contributed by atoms with Crippen LogP contribution >= 0.6 is 0 Å². The fourth-order valence-electron chi connectivity index (χ4n) is 2.78. The first-order valence-corrected chi connectivity index (χ1v) is 8.99. The molecule has 2 amide bonds. The fraction of sp³-hybridized carbons (Fsp3) is 0.550. The Labute approximate surface area is 160 Å². The molecule has 7 heteroatoms. The van der Waals surface area contributed by atoms with Crippen LogP contribution < -0.4 is 4.90 Å². The number of ether oxygens (including phenoxy) is 2.